The normalized spacial score (nSPS) is 16.5. The maximum Gasteiger partial charge on any atom is 0.195 e. The predicted molar refractivity (Wildman–Crippen MR) is 63.6 cm³/mol. The highest BCUT2D eigenvalue weighted by molar-refractivity contribution is 7.71. The Hall–Kier alpha value is -0.940. The van der Waals surface area contributed by atoms with E-state index >= 15 is 0 Å². The van der Waals surface area contributed by atoms with Crippen LogP contribution in [0.25, 0.3) is 10.7 Å². The number of nitrogens with one attached hydrogen (secondary N) is 1. The van der Waals surface area contributed by atoms with Crippen molar-refractivity contribution >= 4 is 23.6 Å². The van der Waals surface area contributed by atoms with Gasteiger partial charge in [-0.1, -0.05) is 6.07 Å². The Morgan fingerprint density at radius 1 is 1.53 bits per heavy atom. The second-order valence-corrected chi connectivity index (χ2v) is 5.12. The molecule has 2 aromatic rings. The van der Waals surface area contributed by atoms with Crippen molar-refractivity contribution in [2.24, 2.45) is 0 Å². The minimum absolute atomic E-state index is 0.563. The number of H-pyrrole nitrogens is 1. The Balaban J connectivity index is 2.11. The van der Waals surface area contributed by atoms with Crippen molar-refractivity contribution in [2.75, 3.05) is 0 Å². The number of nitrogens with zero attached hydrogens (tertiary/aromatic N) is 2. The third-order valence-corrected chi connectivity index (χ3v) is 4.04. The molecule has 3 nitrogen and oxygen atoms in total. The summed E-state index contributed by atoms with van der Waals surface area (Å²) < 4.78 is 2.92. The van der Waals surface area contributed by atoms with Crippen LogP contribution in [0.1, 0.15) is 25.3 Å². The second kappa shape index (κ2) is 3.57. The molecule has 0 aromatic carbocycles. The van der Waals surface area contributed by atoms with E-state index in [1.807, 2.05) is 6.07 Å². The van der Waals surface area contributed by atoms with Crippen molar-refractivity contribution in [1.82, 2.24) is 14.8 Å². The molecule has 0 spiro atoms. The van der Waals surface area contributed by atoms with Gasteiger partial charge in [0, 0.05) is 6.04 Å². The van der Waals surface area contributed by atoms with Gasteiger partial charge in [-0.2, -0.15) is 5.10 Å². The monoisotopic (exact) mass is 237 g/mol. The van der Waals surface area contributed by atoms with Crippen LogP contribution in [0.5, 0.6) is 0 Å². The molecule has 0 atom stereocenters. The van der Waals surface area contributed by atoms with Gasteiger partial charge < -0.3 is 0 Å². The van der Waals surface area contributed by atoms with E-state index in [2.05, 4.69) is 26.2 Å². The zero-order chi connectivity index (χ0) is 10.3. The van der Waals surface area contributed by atoms with Gasteiger partial charge in [0.2, 0.25) is 0 Å². The molecule has 78 valence electrons. The van der Waals surface area contributed by atoms with E-state index < -0.39 is 0 Å². The molecule has 1 aliphatic rings. The fourth-order valence-corrected chi connectivity index (χ4v) is 2.86. The summed E-state index contributed by atoms with van der Waals surface area (Å²) in [4.78, 5) is 1.19. The third kappa shape index (κ3) is 1.46. The fourth-order valence-electron chi connectivity index (χ4n) is 1.87. The lowest BCUT2D eigenvalue weighted by Gasteiger charge is -2.27. The van der Waals surface area contributed by atoms with E-state index in [0.29, 0.717) is 6.04 Å². The zero-order valence-electron chi connectivity index (χ0n) is 8.14. The lowest BCUT2D eigenvalue weighted by atomic mass is 9.93. The molecule has 1 saturated carbocycles. The first-order chi connectivity index (χ1) is 7.36. The summed E-state index contributed by atoms with van der Waals surface area (Å²) >= 11 is 6.98. The van der Waals surface area contributed by atoms with E-state index in [1.54, 1.807) is 11.3 Å². The number of aromatic nitrogens is 3. The van der Waals surface area contributed by atoms with Crippen LogP contribution in [0.15, 0.2) is 17.5 Å². The fraction of sp³-hybridized carbons (Fsp3) is 0.400. The molecule has 0 bridgehead atoms. The largest absolute Gasteiger partial charge is 0.296 e. The summed E-state index contributed by atoms with van der Waals surface area (Å²) in [5.41, 5.74) is 0. The first kappa shape index (κ1) is 9.30. The Labute approximate surface area is 96.8 Å². The second-order valence-electron chi connectivity index (χ2n) is 3.78. The standard InChI is InChI=1S/C10H11N3S2/c14-10-12-11-9(8-5-2-6-15-8)13(10)7-3-1-4-7/h2,5-7H,1,3-4H2,(H,12,14). The smallest absolute Gasteiger partial charge is 0.195 e. The molecule has 5 heteroatoms. The van der Waals surface area contributed by atoms with Crippen molar-refractivity contribution in [3.63, 3.8) is 0 Å². The Morgan fingerprint density at radius 2 is 2.40 bits per heavy atom. The van der Waals surface area contributed by atoms with Gasteiger partial charge in [-0.15, -0.1) is 11.3 Å². The van der Waals surface area contributed by atoms with Gasteiger partial charge in [0.15, 0.2) is 10.6 Å². The van der Waals surface area contributed by atoms with Crippen molar-refractivity contribution < 1.29 is 0 Å². The molecule has 0 saturated heterocycles. The van der Waals surface area contributed by atoms with E-state index in [-0.39, 0.29) is 0 Å². The molecule has 0 aliphatic heterocycles. The van der Waals surface area contributed by atoms with Crippen LogP contribution in [0.4, 0.5) is 0 Å². The van der Waals surface area contributed by atoms with Gasteiger partial charge in [0.25, 0.3) is 0 Å². The maximum absolute atomic E-state index is 5.27. The molecule has 15 heavy (non-hydrogen) atoms. The van der Waals surface area contributed by atoms with Crippen molar-refractivity contribution in [1.29, 1.82) is 0 Å². The summed E-state index contributed by atoms with van der Waals surface area (Å²) in [6.07, 6.45) is 3.76. The summed E-state index contributed by atoms with van der Waals surface area (Å²) in [5.74, 6) is 1.000. The molecule has 1 aliphatic carbocycles. The molecular weight excluding hydrogens is 226 g/mol. The van der Waals surface area contributed by atoms with Crippen molar-refractivity contribution in [3.8, 4) is 10.7 Å². The molecule has 2 aromatic heterocycles. The molecule has 1 fully saturated rings. The number of hydrogen-bond acceptors (Lipinski definition) is 3. The number of hydrogen-bond donors (Lipinski definition) is 1. The molecule has 3 rings (SSSR count). The van der Waals surface area contributed by atoms with Gasteiger partial charge in [0.1, 0.15) is 0 Å². The minimum atomic E-state index is 0.563. The number of rotatable bonds is 2. The van der Waals surface area contributed by atoms with Gasteiger partial charge in [0.05, 0.1) is 4.88 Å². The molecule has 1 N–H and O–H groups in total. The zero-order valence-corrected chi connectivity index (χ0v) is 9.77. The quantitative estimate of drug-likeness (QED) is 0.812. The Kier molecular flexibility index (Phi) is 2.21. The highest BCUT2D eigenvalue weighted by Crippen LogP contribution is 2.35. The van der Waals surface area contributed by atoms with Crippen LogP contribution in [-0.2, 0) is 0 Å². The summed E-state index contributed by atoms with van der Waals surface area (Å²) in [6, 6.07) is 4.70. The highest BCUT2D eigenvalue weighted by Gasteiger charge is 2.24. The molecular formula is C10H11N3S2. The first-order valence-corrected chi connectivity index (χ1v) is 6.36. The SMILES string of the molecule is S=c1[nH]nc(-c2cccs2)n1C1CCC1. The van der Waals surface area contributed by atoms with Gasteiger partial charge in [-0.3, -0.25) is 9.67 Å². The average Bonchev–Trinajstić information content (AvgIpc) is 2.74. The predicted octanol–water partition coefficient (Wildman–Crippen LogP) is 3.39. The van der Waals surface area contributed by atoms with Crippen molar-refractivity contribution in [3.05, 3.63) is 22.3 Å². The number of thiophene rings is 1. The highest BCUT2D eigenvalue weighted by atomic mass is 32.1. The Bertz CT molecular complexity index is 505. The summed E-state index contributed by atoms with van der Waals surface area (Å²) in [6.45, 7) is 0. The first-order valence-electron chi connectivity index (χ1n) is 5.07. The lowest BCUT2D eigenvalue weighted by Crippen LogP contribution is -2.17. The number of aromatic amines is 1. The van der Waals surface area contributed by atoms with E-state index in [4.69, 9.17) is 12.2 Å². The minimum Gasteiger partial charge on any atom is -0.296 e. The van der Waals surface area contributed by atoms with Crippen LogP contribution in [0, 0.1) is 4.77 Å². The third-order valence-electron chi connectivity index (χ3n) is 2.89. The van der Waals surface area contributed by atoms with Gasteiger partial charge in [-0.05, 0) is 42.9 Å². The van der Waals surface area contributed by atoms with E-state index in [1.165, 1.54) is 24.1 Å². The summed E-state index contributed by atoms with van der Waals surface area (Å²) in [5, 5.41) is 9.28. The summed E-state index contributed by atoms with van der Waals surface area (Å²) in [7, 11) is 0. The van der Waals surface area contributed by atoms with Crippen molar-refractivity contribution in [2.45, 2.75) is 25.3 Å². The molecule has 0 radical (unpaired) electrons. The van der Waals surface area contributed by atoms with E-state index in [9.17, 15) is 0 Å². The van der Waals surface area contributed by atoms with Crippen LogP contribution < -0.4 is 0 Å². The van der Waals surface area contributed by atoms with Gasteiger partial charge >= 0.3 is 0 Å². The van der Waals surface area contributed by atoms with Crippen LogP contribution in [0.2, 0.25) is 0 Å². The van der Waals surface area contributed by atoms with Crippen LogP contribution in [0.3, 0.4) is 0 Å². The lowest BCUT2D eigenvalue weighted by molar-refractivity contribution is 0.313. The van der Waals surface area contributed by atoms with Crippen LogP contribution in [-0.4, -0.2) is 14.8 Å². The molecule has 2 heterocycles. The van der Waals surface area contributed by atoms with Crippen LogP contribution >= 0.6 is 23.6 Å². The van der Waals surface area contributed by atoms with E-state index in [0.717, 1.165) is 10.6 Å². The van der Waals surface area contributed by atoms with Gasteiger partial charge in [-0.25, -0.2) is 0 Å². The topological polar surface area (TPSA) is 33.6 Å². The average molecular weight is 237 g/mol. The Morgan fingerprint density at radius 3 is 3.00 bits per heavy atom. The maximum atomic E-state index is 5.27. The molecule has 0 unspecified atom stereocenters. The molecule has 0 amide bonds.